The van der Waals surface area contributed by atoms with Crippen LogP contribution in [0.4, 0.5) is 8.78 Å². The van der Waals surface area contributed by atoms with Crippen LogP contribution in [0.1, 0.15) is 11.4 Å². The van der Waals surface area contributed by atoms with Gasteiger partial charge in [-0.25, -0.2) is 18.7 Å². The molecule has 0 unspecified atom stereocenters. The van der Waals surface area contributed by atoms with Crippen LogP contribution in [-0.4, -0.2) is 14.5 Å². The van der Waals surface area contributed by atoms with E-state index in [9.17, 15) is 8.78 Å². The molecule has 3 nitrogen and oxygen atoms in total. The minimum Gasteiger partial charge on any atom is -0.277 e. The Balaban J connectivity index is 2.39. The molecule has 7 heteroatoms. The topological polar surface area (TPSA) is 30.7 Å². The maximum atomic E-state index is 14.2. The van der Waals surface area contributed by atoms with Crippen LogP contribution in [0.2, 0.25) is 0 Å². The summed E-state index contributed by atoms with van der Waals surface area (Å²) in [6, 6.07) is 3.99. The Morgan fingerprint density at radius 2 is 2.05 bits per heavy atom. The third-order valence-electron chi connectivity index (χ3n) is 3.17. The smallest absolute Gasteiger partial charge is 0.165 e. The highest BCUT2D eigenvalue weighted by Crippen LogP contribution is 2.28. The van der Waals surface area contributed by atoms with Crippen LogP contribution in [0.5, 0.6) is 0 Å². The molecule has 0 aliphatic rings. The van der Waals surface area contributed by atoms with Gasteiger partial charge in [0.05, 0.1) is 16.0 Å². The summed E-state index contributed by atoms with van der Waals surface area (Å²) in [6.45, 7) is 1.89. The molecule has 0 aliphatic carbocycles. The molecule has 3 aromatic rings. The third-order valence-corrected chi connectivity index (χ3v) is 4.01. The van der Waals surface area contributed by atoms with E-state index in [2.05, 4.69) is 25.9 Å². The van der Waals surface area contributed by atoms with Gasteiger partial charge in [0.1, 0.15) is 23.0 Å². The van der Waals surface area contributed by atoms with Crippen molar-refractivity contribution in [2.45, 2.75) is 12.8 Å². The average Bonchev–Trinajstić information content (AvgIpc) is 2.83. The molecule has 1 aromatic carbocycles. The zero-order valence-electron chi connectivity index (χ0n) is 10.9. The summed E-state index contributed by atoms with van der Waals surface area (Å²) in [6.07, 6.45) is 1.62. The van der Waals surface area contributed by atoms with E-state index in [1.165, 1.54) is 10.6 Å². The first-order valence-electron chi connectivity index (χ1n) is 6.06. The molecule has 3 rings (SSSR count). The first-order chi connectivity index (χ1) is 10.0. The minimum atomic E-state index is -0.704. The van der Waals surface area contributed by atoms with Gasteiger partial charge in [0.2, 0.25) is 0 Å². The number of nitrogens with zero attached hydrogens (tertiary/aromatic N) is 3. The minimum absolute atomic E-state index is 0.0875. The highest BCUT2D eigenvalue weighted by Gasteiger charge is 2.18. The van der Waals surface area contributed by atoms with Crippen molar-refractivity contribution in [1.29, 1.82) is 0 Å². The molecule has 21 heavy (non-hydrogen) atoms. The zero-order valence-corrected chi connectivity index (χ0v) is 13.2. The van der Waals surface area contributed by atoms with Crippen LogP contribution in [0.3, 0.4) is 0 Å². The van der Waals surface area contributed by atoms with Crippen molar-refractivity contribution in [2.75, 3.05) is 0 Å². The second-order valence-electron chi connectivity index (χ2n) is 4.51. The number of aromatic nitrogens is 3. The molecule has 0 bridgehead atoms. The van der Waals surface area contributed by atoms with Gasteiger partial charge in [-0.3, -0.25) is 4.57 Å². The Morgan fingerprint density at radius 1 is 1.29 bits per heavy atom. The molecular weight excluding hydrogens is 364 g/mol. The number of benzene rings is 1. The predicted molar refractivity (Wildman–Crippen MR) is 80.8 cm³/mol. The molecule has 0 amide bonds. The molecule has 0 fully saturated rings. The van der Waals surface area contributed by atoms with Crippen LogP contribution >= 0.6 is 27.5 Å². The summed E-state index contributed by atoms with van der Waals surface area (Å²) < 4.78 is 29.2. The number of fused-ring (bicyclic) bond motifs is 1. The van der Waals surface area contributed by atoms with Crippen LogP contribution in [0.25, 0.3) is 16.9 Å². The summed E-state index contributed by atoms with van der Waals surface area (Å²) in [5.41, 5.74) is 2.20. The second-order valence-corrected chi connectivity index (χ2v) is 5.64. The fraction of sp³-hybridized carbons (Fsp3) is 0.143. The molecule has 0 N–H and O–H groups in total. The molecule has 0 atom stereocenters. The number of halogens is 4. The van der Waals surface area contributed by atoms with E-state index in [4.69, 9.17) is 11.6 Å². The zero-order chi connectivity index (χ0) is 15.1. The first kappa shape index (κ1) is 14.4. The van der Waals surface area contributed by atoms with E-state index in [0.717, 1.165) is 11.6 Å². The summed E-state index contributed by atoms with van der Waals surface area (Å²) in [5, 5.41) is 0. The number of hydrogen-bond donors (Lipinski definition) is 0. The highest BCUT2D eigenvalue weighted by molar-refractivity contribution is 9.10. The Hall–Kier alpha value is -1.53. The largest absolute Gasteiger partial charge is 0.277 e. The van der Waals surface area contributed by atoms with E-state index in [0.29, 0.717) is 17.0 Å². The van der Waals surface area contributed by atoms with Crippen molar-refractivity contribution >= 4 is 38.7 Å². The lowest BCUT2D eigenvalue weighted by molar-refractivity contribution is 0.573. The van der Waals surface area contributed by atoms with Gasteiger partial charge in [-0.15, -0.1) is 11.6 Å². The average molecular weight is 373 g/mol. The third kappa shape index (κ3) is 2.32. The van der Waals surface area contributed by atoms with Gasteiger partial charge in [0.15, 0.2) is 5.65 Å². The molecule has 2 heterocycles. The summed E-state index contributed by atoms with van der Waals surface area (Å²) in [7, 11) is 0. The van der Waals surface area contributed by atoms with E-state index in [1.54, 1.807) is 6.20 Å². The number of alkyl halides is 1. The number of rotatable bonds is 2. The van der Waals surface area contributed by atoms with Crippen LogP contribution < -0.4 is 0 Å². The molecule has 0 saturated carbocycles. The molecule has 0 saturated heterocycles. The van der Waals surface area contributed by atoms with E-state index in [-0.39, 0.29) is 16.0 Å². The molecule has 0 spiro atoms. The lowest BCUT2D eigenvalue weighted by Gasteiger charge is -2.09. The number of pyridine rings is 1. The first-order valence-corrected chi connectivity index (χ1v) is 7.39. The molecule has 2 aromatic heterocycles. The van der Waals surface area contributed by atoms with E-state index < -0.39 is 11.6 Å². The van der Waals surface area contributed by atoms with Gasteiger partial charge in [0, 0.05) is 12.3 Å². The summed E-state index contributed by atoms with van der Waals surface area (Å²) >= 11 is 8.97. The number of imidazole rings is 1. The van der Waals surface area contributed by atoms with Crippen molar-refractivity contribution in [3.63, 3.8) is 0 Å². The van der Waals surface area contributed by atoms with Crippen LogP contribution in [0, 0.1) is 18.6 Å². The number of aryl methyl sites for hydroxylation is 1. The van der Waals surface area contributed by atoms with Crippen molar-refractivity contribution in [2.24, 2.45) is 0 Å². The normalized spacial score (nSPS) is 11.3. The monoisotopic (exact) mass is 371 g/mol. The van der Waals surface area contributed by atoms with Crippen molar-refractivity contribution in [3.05, 3.63) is 51.9 Å². The van der Waals surface area contributed by atoms with Gasteiger partial charge < -0.3 is 0 Å². The molecule has 108 valence electrons. The highest BCUT2D eigenvalue weighted by atomic mass is 79.9. The van der Waals surface area contributed by atoms with Gasteiger partial charge >= 0.3 is 0 Å². The van der Waals surface area contributed by atoms with Gasteiger partial charge in [-0.05, 0) is 40.5 Å². The standard InChI is InChI=1S/C14H9BrClF2N3/c1-7-2-3-19-14-13(7)20-12(6-16)21(14)11-4-8(15)9(17)5-10(11)18/h2-5H,6H2,1H3. The van der Waals surface area contributed by atoms with Gasteiger partial charge in [-0.2, -0.15) is 0 Å². The molecular formula is C14H9BrClF2N3. The van der Waals surface area contributed by atoms with Crippen LogP contribution in [-0.2, 0) is 5.88 Å². The fourth-order valence-electron chi connectivity index (χ4n) is 2.17. The quantitative estimate of drug-likeness (QED) is 0.489. The van der Waals surface area contributed by atoms with Crippen molar-refractivity contribution in [3.8, 4) is 5.69 Å². The molecule has 0 radical (unpaired) electrons. The SMILES string of the molecule is Cc1ccnc2c1nc(CCl)n2-c1cc(Br)c(F)cc1F. The Kier molecular flexibility index (Phi) is 3.67. The van der Waals surface area contributed by atoms with Crippen molar-refractivity contribution < 1.29 is 8.78 Å². The maximum Gasteiger partial charge on any atom is 0.165 e. The predicted octanol–water partition coefficient (Wildman–Crippen LogP) is 4.51. The fourth-order valence-corrected chi connectivity index (χ4v) is 2.68. The summed E-state index contributed by atoms with van der Waals surface area (Å²) in [4.78, 5) is 8.64. The van der Waals surface area contributed by atoms with Crippen molar-refractivity contribution in [1.82, 2.24) is 14.5 Å². The Labute approximate surface area is 132 Å². The van der Waals surface area contributed by atoms with Crippen LogP contribution in [0.15, 0.2) is 28.9 Å². The maximum absolute atomic E-state index is 14.2. The Morgan fingerprint density at radius 3 is 2.76 bits per heavy atom. The van der Waals surface area contributed by atoms with Gasteiger partial charge in [-0.1, -0.05) is 0 Å². The van der Waals surface area contributed by atoms with Gasteiger partial charge in [0.25, 0.3) is 0 Å². The summed E-state index contributed by atoms with van der Waals surface area (Å²) in [5.74, 6) is -0.836. The van der Waals surface area contributed by atoms with E-state index >= 15 is 0 Å². The molecule has 0 aliphatic heterocycles. The lowest BCUT2D eigenvalue weighted by Crippen LogP contribution is -2.04. The lowest BCUT2D eigenvalue weighted by atomic mass is 10.2. The second kappa shape index (κ2) is 5.35. The van der Waals surface area contributed by atoms with E-state index in [1.807, 2.05) is 13.0 Å². The Bertz CT molecular complexity index is 848. The number of hydrogen-bond acceptors (Lipinski definition) is 2.